The molecule has 5 nitrogen and oxygen atoms in total. The molecule has 3 rings (SSSR count). The van der Waals surface area contributed by atoms with Crippen LogP contribution in [0.1, 0.15) is 22.8 Å². The molecule has 0 spiro atoms. The van der Waals surface area contributed by atoms with E-state index in [-0.39, 0.29) is 4.90 Å². The van der Waals surface area contributed by atoms with Gasteiger partial charge in [0.1, 0.15) is 5.75 Å². The van der Waals surface area contributed by atoms with Gasteiger partial charge < -0.3 is 9.47 Å². The molecular formula is C18H19NO4S. The monoisotopic (exact) mass is 345 g/mol. The van der Waals surface area contributed by atoms with Crippen molar-refractivity contribution in [1.29, 1.82) is 0 Å². The third-order valence-electron chi connectivity index (χ3n) is 4.09. The number of sulfone groups is 1. The predicted octanol–water partition coefficient (Wildman–Crippen LogP) is 3.21. The molecule has 0 unspecified atom stereocenters. The first-order valence-electron chi connectivity index (χ1n) is 7.55. The Bertz CT molecular complexity index is 872. The minimum atomic E-state index is -3.64. The zero-order valence-electron chi connectivity index (χ0n) is 13.8. The fourth-order valence-electron chi connectivity index (χ4n) is 2.74. The zero-order valence-corrected chi connectivity index (χ0v) is 14.6. The largest absolute Gasteiger partial charge is 0.496 e. The van der Waals surface area contributed by atoms with Crippen LogP contribution < -0.4 is 4.74 Å². The maximum atomic E-state index is 12.9. The van der Waals surface area contributed by atoms with Crippen molar-refractivity contribution in [2.75, 3.05) is 7.11 Å². The molecule has 2 aromatic rings. The maximum Gasteiger partial charge on any atom is 0.205 e. The number of nitrogens with zero attached hydrogens (tertiary/aromatic N) is 1. The van der Waals surface area contributed by atoms with Crippen LogP contribution in [0.5, 0.6) is 5.75 Å². The molecule has 0 amide bonds. The van der Waals surface area contributed by atoms with Gasteiger partial charge in [-0.25, -0.2) is 13.4 Å². The number of rotatable bonds is 4. The van der Waals surface area contributed by atoms with Crippen molar-refractivity contribution in [3.63, 3.8) is 0 Å². The lowest BCUT2D eigenvalue weighted by atomic mass is 10.1. The molecule has 0 saturated heterocycles. The van der Waals surface area contributed by atoms with E-state index in [1.165, 1.54) is 6.40 Å². The molecular weight excluding hydrogens is 326 g/mol. The Morgan fingerprint density at radius 3 is 2.42 bits per heavy atom. The van der Waals surface area contributed by atoms with E-state index < -0.39 is 21.3 Å². The Morgan fingerprint density at radius 1 is 1.08 bits per heavy atom. The number of aliphatic imine (C=N–C) groups is 1. The molecule has 0 aromatic heterocycles. The van der Waals surface area contributed by atoms with E-state index in [1.54, 1.807) is 31.4 Å². The highest BCUT2D eigenvalue weighted by molar-refractivity contribution is 7.92. The molecule has 0 bridgehead atoms. The van der Waals surface area contributed by atoms with E-state index in [0.29, 0.717) is 0 Å². The molecule has 1 aliphatic rings. The normalized spacial score (nSPS) is 20.0. The van der Waals surface area contributed by atoms with Gasteiger partial charge in [0.05, 0.1) is 12.0 Å². The van der Waals surface area contributed by atoms with Gasteiger partial charge in [-0.1, -0.05) is 23.8 Å². The quantitative estimate of drug-likeness (QED) is 0.853. The van der Waals surface area contributed by atoms with E-state index in [1.807, 2.05) is 32.0 Å². The molecule has 24 heavy (non-hydrogen) atoms. The van der Waals surface area contributed by atoms with Crippen LogP contribution in [-0.4, -0.2) is 27.3 Å². The average molecular weight is 345 g/mol. The highest BCUT2D eigenvalue weighted by atomic mass is 32.2. The lowest BCUT2D eigenvalue weighted by molar-refractivity contribution is 0.227. The SMILES string of the molecule is COc1ccc([C@H]2OC=N[C@@H]2S(=O)(=O)c2ccc(C)cc2)cc1C. The summed E-state index contributed by atoms with van der Waals surface area (Å²) in [5, 5.41) is -0.993. The topological polar surface area (TPSA) is 65.0 Å². The summed E-state index contributed by atoms with van der Waals surface area (Å²) in [5.41, 5.74) is 2.67. The van der Waals surface area contributed by atoms with Gasteiger partial charge in [-0.3, -0.25) is 0 Å². The second kappa shape index (κ2) is 6.28. The minimum absolute atomic E-state index is 0.246. The number of benzene rings is 2. The van der Waals surface area contributed by atoms with Gasteiger partial charge in [-0.2, -0.15) is 0 Å². The minimum Gasteiger partial charge on any atom is -0.496 e. The van der Waals surface area contributed by atoms with Gasteiger partial charge >= 0.3 is 0 Å². The Balaban J connectivity index is 1.96. The molecule has 0 N–H and O–H groups in total. The smallest absolute Gasteiger partial charge is 0.205 e. The van der Waals surface area contributed by atoms with E-state index in [0.717, 1.165) is 22.4 Å². The van der Waals surface area contributed by atoms with Crippen molar-refractivity contribution in [3.05, 3.63) is 59.2 Å². The Labute approximate surface area is 141 Å². The molecule has 2 aromatic carbocycles. The summed E-state index contributed by atoms with van der Waals surface area (Å²) in [5.74, 6) is 0.746. The van der Waals surface area contributed by atoms with Gasteiger partial charge in [0.25, 0.3) is 0 Å². The fraction of sp³-hybridized carbons (Fsp3) is 0.278. The van der Waals surface area contributed by atoms with Crippen molar-refractivity contribution in [2.24, 2.45) is 4.99 Å². The average Bonchev–Trinajstić information content (AvgIpc) is 3.05. The van der Waals surface area contributed by atoms with Crippen molar-refractivity contribution in [2.45, 2.75) is 30.2 Å². The highest BCUT2D eigenvalue weighted by Gasteiger charge is 2.39. The number of hydrogen-bond acceptors (Lipinski definition) is 5. The highest BCUT2D eigenvalue weighted by Crippen LogP contribution is 2.35. The first-order chi connectivity index (χ1) is 11.4. The van der Waals surface area contributed by atoms with Gasteiger partial charge in [-0.15, -0.1) is 0 Å². The summed E-state index contributed by atoms with van der Waals surface area (Å²) >= 11 is 0. The van der Waals surface area contributed by atoms with Crippen LogP contribution in [0.25, 0.3) is 0 Å². The third-order valence-corrected chi connectivity index (χ3v) is 6.02. The molecule has 6 heteroatoms. The number of aryl methyl sites for hydroxylation is 2. The van der Waals surface area contributed by atoms with Crippen LogP contribution in [0.2, 0.25) is 0 Å². The van der Waals surface area contributed by atoms with Crippen molar-refractivity contribution < 1.29 is 17.9 Å². The molecule has 0 fully saturated rings. The van der Waals surface area contributed by atoms with E-state index >= 15 is 0 Å². The summed E-state index contributed by atoms with van der Waals surface area (Å²) in [7, 11) is -2.04. The molecule has 2 atom stereocenters. The number of methoxy groups -OCH3 is 1. The summed E-state index contributed by atoms with van der Waals surface area (Å²) in [6.45, 7) is 3.82. The van der Waals surface area contributed by atoms with Crippen molar-refractivity contribution in [1.82, 2.24) is 0 Å². The van der Waals surface area contributed by atoms with Crippen LogP contribution >= 0.6 is 0 Å². The Morgan fingerprint density at radius 2 is 1.79 bits per heavy atom. The molecule has 0 radical (unpaired) electrons. The van der Waals surface area contributed by atoms with Crippen LogP contribution in [0.3, 0.4) is 0 Å². The van der Waals surface area contributed by atoms with Crippen LogP contribution in [0.4, 0.5) is 0 Å². The van der Waals surface area contributed by atoms with Gasteiger partial charge in [-0.05, 0) is 49.2 Å². The third kappa shape index (κ3) is 2.89. The van der Waals surface area contributed by atoms with Gasteiger partial charge in [0.2, 0.25) is 9.84 Å². The van der Waals surface area contributed by atoms with E-state index in [4.69, 9.17) is 9.47 Å². The van der Waals surface area contributed by atoms with Crippen LogP contribution in [-0.2, 0) is 14.6 Å². The zero-order chi connectivity index (χ0) is 17.3. The lowest BCUT2D eigenvalue weighted by Crippen LogP contribution is -2.24. The molecule has 126 valence electrons. The van der Waals surface area contributed by atoms with Gasteiger partial charge in [0, 0.05) is 0 Å². The van der Waals surface area contributed by atoms with E-state index in [9.17, 15) is 8.42 Å². The number of ether oxygens (including phenoxy) is 2. The second-order valence-electron chi connectivity index (χ2n) is 5.79. The molecule has 0 saturated carbocycles. The summed E-state index contributed by atoms with van der Waals surface area (Å²) in [4.78, 5) is 4.32. The maximum absolute atomic E-state index is 12.9. The van der Waals surface area contributed by atoms with E-state index in [2.05, 4.69) is 4.99 Å². The first-order valence-corrected chi connectivity index (χ1v) is 9.10. The summed E-state index contributed by atoms with van der Waals surface area (Å²) in [6, 6.07) is 12.3. The molecule has 0 aliphatic carbocycles. The van der Waals surface area contributed by atoms with Crippen LogP contribution in [0.15, 0.2) is 52.4 Å². The lowest BCUT2D eigenvalue weighted by Gasteiger charge is -2.19. The Kier molecular flexibility index (Phi) is 4.32. The molecule has 1 heterocycles. The summed E-state index contributed by atoms with van der Waals surface area (Å²) < 4.78 is 36.6. The Hall–Kier alpha value is -2.34. The van der Waals surface area contributed by atoms with Crippen LogP contribution in [0, 0.1) is 13.8 Å². The second-order valence-corrected chi connectivity index (χ2v) is 7.83. The summed E-state index contributed by atoms with van der Waals surface area (Å²) in [6.07, 6.45) is 0.557. The van der Waals surface area contributed by atoms with Gasteiger partial charge in [0.15, 0.2) is 17.9 Å². The predicted molar refractivity (Wildman–Crippen MR) is 92.2 cm³/mol. The standard InChI is InChI=1S/C18H19NO4S/c1-12-4-7-15(8-5-12)24(20,21)18-17(23-11-19-18)14-6-9-16(22-3)13(2)10-14/h4-11,17-18H,1-3H3/t17-,18-/m1/s1. The molecule has 1 aliphatic heterocycles. The van der Waals surface area contributed by atoms with Crippen molar-refractivity contribution in [3.8, 4) is 5.75 Å². The fourth-order valence-corrected chi connectivity index (χ4v) is 4.29. The van der Waals surface area contributed by atoms with Crippen molar-refractivity contribution >= 4 is 16.2 Å². The number of hydrogen-bond donors (Lipinski definition) is 0. The first kappa shape index (κ1) is 16.5.